The topological polar surface area (TPSA) is 72.9 Å². The van der Waals surface area contributed by atoms with Gasteiger partial charge in [-0.3, -0.25) is 9.48 Å². The molecule has 0 saturated carbocycles. The van der Waals surface area contributed by atoms with E-state index in [4.69, 9.17) is 5.73 Å². The smallest absolute Gasteiger partial charge is 0.226 e. The Bertz CT molecular complexity index is 659. The minimum atomic E-state index is 0.0166. The molecule has 3 rings (SSSR count). The molecule has 1 aromatic carbocycles. The van der Waals surface area contributed by atoms with E-state index in [2.05, 4.69) is 10.4 Å². The van der Waals surface area contributed by atoms with Gasteiger partial charge >= 0.3 is 0 Å². The first-order valence-electron chi connectivity index (χ1n) is 6.25. The van der Waals surface area contributed by atoms with Crippen molar-refractivity contribution in [2.45, 2.75) is 19.3 Å². The normalized spacial score (nSPS) is 18.0. The van der Waals surface area contributed by atoms with Gasteiger partial charge in [-0.05, 0) is 24.6 Å². The summed E-state index contributed by atoms with van der Waals surface area (Å²) < 4.78 is 1.72. The van der Waals surface area contributed by atoms with Gasteiger partial charge in [0.2, 0.25) is 5.91 Å². The summed E-state index contributed by atoms with van der Waals surface area (Å²) in [6, 6.07) is 7.71. The number of hydrogen-bond donors (Lipinski definition) is 2. The van der Waals surface area contributed by atoms with Gasteiger partial charge in [0.1, 0.15) is 5.82 Å². The molecule has 1 aliphatic rings. The molecule has 1 amide bonds. The van der Waals surface area contributed by atoms with Crippen molar-refractivity contribution in [2.24, 2.45) is 7.05 Å². The first kappa shape index (κ1) is 11.8. The van der Waals surface area contributed by atoms with Crippen LogP contribution in [0, 0.1) is 6.92 Å². The van der Waals surface area contributed by atoms with E-state index in [1.54, 1.807) is 4.68 Å². The quantitative estimate of drug-likeness (QED) is 0.764. The lowest BCUT2D eigenvalue weighted by Gasteiger charge is -2.24. The van der Waals surface area contributed by atoms with E-state index >= 15 is 0 Å². The van der Waals surface area contributed by atoms with Crippen molar-refractivity contribution in [1.29, 1.82) is 0 Å². The summed E-state index contributed by atoms with van der Waals surface area (Å²) in [5.74, 6) is 0.838. The third-order valence-corrected chi connectivity index (χ3v) is 3.58. The number of benzene rings is 1. The highest BCUT2D eigenvalue weighted by atomic mass is 16.1. The van der Waals surface area contributed by atoms with Crippen molar-refractivity contribution >= 4 is 17.4 Å². The molecule has 0 radical (unpaired) electrons. The van der Waals surface area contributed by atoms with Crippen LogP contribution in [-0.4, -0.2) is 15.7 Å². The lowest BCUT2D eigenvalue weighted by molar-refractivity contribution is -0.116. The van der Waals surface area contributed by atoms with Crippen molar-refractivity contribution in [1.82, 2.24) is 9.78 Å². The predicted octanol–water partition coefficient (Wildman–Crippen LogP) is 1.78. The molecule has 0 bridgehead atoms. The van der Waals surface area contributed by atoms with Crippen molar-refractivity contribution in [2.75, 3.05) is 11.1 Å². The van der Waals surface area contributed by atoms with Crippen LogP contribution in [0.5, 0.6) is 0 Å². The number of nitrogens with zero attached hydrogens (tertiary/aromatic N) is 2. The summed E-state index contributed by atoms with van der Waals surface area (Å²) in [4.78, 5) is 11.9. The minimum Gasteiger partial charge on any atom is -0.399 e. The fourth-order valence-electron chi connectivity index (χ4n) is 2.77. The third kappa shape index (κ3) is 1.87. The van der Waals surface area contributed by atoms with E-state index in [1.807, 2.05) is 38.2 Å². The Hall–Kier alpha value is -2.30. The molecule has 0 spiro atoms. The van der Waals surface area contributed by atoms with Crippen LogP contribution < -0.4 is 11.1 Å². The Balaban J connectivity index is 2.16. The Labute approximate surface area is 111 Å². The van der Waals surface area contributed by atoms with E-state index in [0.29, 0.717) is 12.1 Å². The monoisotopic (exact) mass is 256 g/mol. The summed E-state index contributed by atoms with van der Waals surface area (Å²) in [7, 11) is 1.84. The molecule has 1 aliphatic heterocycles. The molecule has 1 aromatic heterocycles. The van der Waals surface area contributed by atoms with Crippen LogP contribution in [-0.2, 0) is 11.8 Å². The standard InChI is InChI=1S/C14H16N4O/c1-8-13-11(9-4-3-5-10(15)6-9)7-12(19)16-14(13)18(2)17-8/h3-6,11H,7,15H2,1-2H3,(H,16,19). The highest BCUT2D eigenvalue weighted by molar-refractivity contribution is 5.94. The average molecular weight is 256 g/mol. The zero-order valence-corrected chi connectivity index (χ0v) is 11.0. The number of carbonyl (C=O) groups excluding carboxylic acids is 1. The van der Waals surface area contributed by atoms with Gasteiger partial charge in [0, 0.05) is 30.6 Å². The number of rotatable bonds is 1. The first-order valence-corrected chi connectivity index (χ1v) is 6.25. The maximum Gasteiger partial charge on any atom is 0.226 e. The van der Waals surface area contributed by atoms with E-state index in [0.717, 1.165) is 22.6 Å². The van der Waals surface area contributed by atoms with Gasteiger partial charge < -0.3 is 11.1 Å². The molecular formula is C14H16N4O. The van der Waals surface area contributed by atoms with E-state index in [9.17, 15) is 4.79 Å². The Kier molecular flexibility index (Phi) is 2.55. The van der Waals surface area contributed by atoms with Crippen LogP contribution in [0.2, 0.25) is 0 Å². The molecule has 5 nitrogen and oxygen atoms in total. The van der Waals surface area contributed by atoms with E-state index in [1.165, 1.54) is 0 Å². The summed E-state index contributed by atoms with van der Waals surface area (Å²) in [5.41, 5.74) is 9.66. The third-order valence-electron chi connectivity index (χ3n) is 3.58. The zero-order valence-electron chi connectivity index (χ0n) is 11.0. The highest BCUT2D eigenvalue weighted by Crippen LogP contribution is 2.39. The SMILES string of the molecule is Cc1nn(C)c2c1C(c1cccc(N)c1)CC(=O)N2. The van der Waals surface area contributed by atoms with Crippen LogP contribution in [0.15, 0.2) is 24.3 Å². The molecular weight excluding hydrogens is 240 g/mol. The number of nitrogen functional groups attached to an aromatic ring is 1. The second-order valence-corrected chi connectivity index (χ2v) is 4.95. The number of anilines is 2. The number of carbonyl (C=O) groups is 1. The molecule has 2 aromatic rings. The summed E-state index contributed by atoms with van der Waals surface area (Å²) >= 11 is 0. The van der Waals surface area contributed by atoms with Gasteiger partial charge in [-0.15, -0.1) is 0 Å². The van der Waals surface area contributed by atoms with Crippen molar-refractivity contribution in [3.63, 3.8) is 0 Å². The second kappa shape index (κ2) is 4.12. The highest BCUT2D eigenvalue weighted by Gasteiger charge is 2.31. The van der Waals surface area contributed by atoms with Gasteiger partial charge in [0.05, 0.1) is 5.69 Å². The first-order chi connectivity index (χ1) is 9.06. The number of fused-ring (bicyclic) bond motifs is 1. The number of hydrogen-bond acceptors (Lipinski definition) is 3. The molecule has 1 unspecified atom stereocenters. The van der Waals surface area contributed by atoms with Crippen molar-refractivity contribution in [3.05, 3.63) is 41.1 Å². The van der Waals surface area contributed by atoms with Gasteiger partial charge in [-0.1, -0.05) is 12.1 Å². The van der Waals surface area contributed by atoms with Gasteiger partial charge in [-0.25, -0.2) is 0 Å². The minimum absolute atomic E-state index is 0.0166. The van der Waals surface area contributed by atoms with Gasteiger partial charge in [0.25, 0.3) is 0 Å². The van der Waals surface area contributed by atoms with Gasteiger partial charge in [-0.2, -0.15) is 5.10 Å². The lowest BCUT2D eigenvalue weighted by atomic mass is 9.85. The van der Waals surface area contributed by atoms with E-state index in [-0.39, 0.29) is 11.8 Å². The largest absolute Gasteiger partial charge is 0.399 e. The summed E-state index contributed by atoms with van der Waals surface area (Å²) in [6.45, 7) is 1.97. The second-order valence-electron chi connectivity index (χ2n) is 4.95. The number of nitrogens with one attached hydrogen (secondary N) is 1. The van der Waals surface area contributed by atoms with Crippen LogP contribution >= 0.6 is 0 Å². The maximum absolute atomic E-state index is 11.9. The van der Waals surface area contributed by atoms with Gasteiger partial charge in [0.15, 0.2) is 0 Å². The molecule has 98 valence electrons. The fourth-order valence-corrected chi connectivity index (χ4v) is 2.77. The molecule has 1 atom stereocenters. The predicted molar refractivity (Wildman–Crippen MR) is 73.9 cm³/mol. The summed E-state index contributed by atoms with van der Waals surface area (Å²) in [6.07, 6.45) is 0.434. The molecule has 5 heteroatoms. The van der Waals surface area contributed by atoms with E-state index < -0.39 is 0 Å². The van der Waals surface area contributed by atoms with Crippen LogP contribution in [0.1, 0.15) is 29.2 Å². The lowest BCUT2D eigenvalue weighted by Crippen LogP contribution is -2.24. The Morgan fingerprint density at radius 2 is 2.26 bits per heavy atom. The van der Waals surface area contributed by atoms with Crippen LogP contribution in [0.4, 0.5) is 11.5 Å². The zero-order chi connectivity index (χ0) is 13.6. The van der Waals surface area contributed by atoms with Crippen molar-refractivity contribution in [3.8, 4) is 0 Å². The van der Waals surface area contributed by atoms with Crippen LogP contribution in [0.25, 0.3) is 0 Å². The van der Waals surface area contributed by atoms with Crippen molar-refractivity contribution < 1.29 is 4.79 Å². The van der Waals surface area contributed by atoms with Crippen LogP contribution in [0.3, 0.4) is 0 Å². The maximum atomic E-state index is 11.9. The number of aromatic nitrogens is 2. The molecule has 3 N–H and O–H groups in total. The fraction of sp³-hybridized carbons (Fsp3) is 0.286. The molecule has 19 heavy (non-hydrogen) atoms. The molecule has 0 saturated heterocycles. The Morgan fingerprint density at radius 3 is 3.00 bits per heavy atom. The Morgan fingerprint density at radius 1 is 1.47 bits per heavy atom. The molecule has 0 aliphatic carbocycles. The average Bonchev–Trinajstić information content (AvgIpc) is 2.64. The molecule has 2 heterocycles. The number of nitrogens with two attached hydrogens (primary N) is 1. The summed E-state index contributed by atoms with van der Waals surface area (Å²) in [5, 5.41) is 7.29. The number of aryl methyl sites for hydroxylation is 2. The molecule has 0 fully saturated rings. The number of amides is 1.